The van der Waals surface area contributed by atoms with E-state index < -0.39 is 6.10 Å². The average molecular weight is 342 g/mol. The van der Waals surface area contributed by atoms with Crippen LogP contribution in [0.2, 0.25) is 0 Å². The number of carbonyl (C=O) groups excluding carboxylic acids is 1. The summed E-state index contributed by atoms with van der Waals surface area (Å²) in [5, 5.41) is 12.5. The molecule has 0 aliphatic heterocycles. The minimum absolute atomic E-state index is 0.176. The van der Waals surface area contributed by atoms with E-state index in [-0.39, 0.29) is 19.1 Å². The number of aliphatic hydroxyl groups excluding tert-OH is 1. The molecule has 0 bridgehead atoms. The lowest BCUT2D eigenvalue weighted by Gasteiger charge is -2.13. The van der Waals surface area contributed by atoms with Crippen molar-refractivity contribution in [1.82, 2.24) is 5.32 Å². The second-order valence-corrected chi connectivity index (χ2v) is 6.11. The Kier molecular flexibility index (Phi) is 5.57. The zero-order valence-electron chi connectivity index (χ0n) is 11.6. The summed E-state index contributed by atoms with van der Waals surface area (Å²) >= 11 is 3.40. The molecule has 1 saturated carbocycles. The van der Waals surface area contributed by atoms with E-state index in [0.29, 0.717) is 11.5 Å². The van der Waals surface area contributed by atoms with Crippen molar-refractivity contribution in [2.75, 3.05) is 19.8 Å². The summed E-state index contributed by atoms with van der Waals surface area (Å²) in [4.78, 5) is 12.0. The molecular weight excluding hydrogens is 322 g/mol. The molecule has 0 aromatic heterocycles. The van der Waals surface area contributed by atoms with Gasteiger partial charge in [-0.3, -0.25) is 4.79 Å². The number of rotatable bonds is 7. The largest absolute Gasteiger partial charge is 0.389 e. The molecule has 0 radical (unpaired) electrons. The lowest BCUT2D eigenvalue weighted by atomic mass is 10.1. The molecule has 2 rings (SSSR count). The summed E-state index contributed by atoms with van der Waals surface area (Å²) in [6.45, 7) is 3.08. The van der Waals surface area contributed by atoms with Crippen LogP contribution in [-0.4, -0.2) is 36.9 Å². The van der Waals surface area contributed by atoms with Gasteiger partial charge in [-0.05, 0) is 43.4 Å². The Bertz CT molecular complexity index is 474. The van der Waals surface area contributed by atoms with Crippen molar-refractivity contribution >= 4 is 21.8 Å². The van der Waals surface area contributed by atoms with Crippen molar-refractivity contribution in [3.8, 4) is 0 Å². The summed E-state index contributed by atoms with van der Waals surface area (Å²) in [6, 6.07) is 5.49. The highest BCUT2D eigenvalue weighted by Crippen LogP contribution is 2.28. The van der Waals surface area contributed by atoms with E-state index in [2.05, 4.69) is 21.2 Å². The van der Waals surface area contributed by atoms with Crippen molar-refractivity contribution in [3.63, 3.8) is 0 Å². The van der Waals surface area contributed by atoms with E-state index in [1.807, 2.05) is 19.1 Å². The number of carbonyl (C=O) groups is 1. The predicted molar refractivity (Wildman–Crippen MR) is 80.8 cm³/mol. The molecule has 110 valence electrons. The molecule has 1 aromatic rings. The van der Waals surface area contributed by atoms with Crippen LogP contribution < -0.4 is 5.32 Å². The van der Waals surface area contributed by atoms with Crippen molar-refractivity contribution in [2.24, 2.45) is 5.92 Å². The topological polar surface area (TPSA) is 58.6 Å². The highest BCUT2D eigenvalue weighted by Gasteiger charge is 2.21. The van der Waals surface area contributed by atoms with E-state index in [0.717, 1.165) is 16.6 Å². The Balaban J connectivity index is 1.74. The predicted octanol–water partition coefficient (Wildman–Crippen LogP) is 2.27. The Morgan fingerprint density at radius 1 is 1.55 bits per heavy atom. The summed E-state index contributed by atoms with van der Waals surface area (Å²) in [7, 11) is 0. The SMILES string of the molecule is Cc1c(Br)cccc1C(=O)NCC(O)COCC1CC1. The Hall–Kier alpha value is -0.910. The van der Waals surface area contributed by atoms with Gasteiger partial charge in [0.1, 0.15) is 0 Å². The molecule has 1 aliphatic carbocycles. The normalized spacial score (nSPS) is 15.9. The highest BCUT2D eigenvalue weighted by atomic mass is 79.9. The van der Waals surface area contributed by atoms with Gasteiger partial charge >= 0.3 is 0 Å². The van der Waals surface area contributed by atoms with E-state index in [4.69, 9.17) is 4.74 Å². The third-order valence-corrected chi connectivity index (χ3v) is 4.23. The van der Waals surface area contributed by atoms with Crippen LogP contribution in [-0.2, 0) is 4.74 Å². The van der Waals surface area contributed by atoms with Crippen LogP contribution in [0, 0.1) is 12.8 Å². The van der Waals surface area contributed by atoms with Crippen molar-refractivity contribution in [2.45, 2.75) is 25.9 Å². The smallest absolute Gasteiger partial charge is 0.251 e. The maximum absolute atomic E-state index is 12.0. The molecule has 0 spiro atoms. The average Bonchev–Trinajstić information content (AvgIpc) is 3.23. The maximum Gasteiger partial charge on any atom is 0.251 e. The summed E-state index contributed by atoms with van der Waals surface area (Å²) in [5.74, 6) is 0.506. The standard InChI is InChI=1S/C15H20BrNO3/c1-10-13(3-2-4-14(10)16)15(19)17-7-12(18)9-20-8-11-5-6-11/h2-4,11-12,18H,5-9H2,1H3,(H,17,19). The molecule has 1 amide bonds. The molecule has 20 heavy (non-hydrogen) atoms. The lowest BCUT2D eigenvalue weighted by molar-refractivity contribution is 0.0320. The fraction of sp³-hybridized carbons (Fsp3) is 0.533. The van der Waals surface area contributed by atoms with E-state index in [1.54, 1.807) is 6.07 Å². The molecule has 4 nitrogen and oxygen atoms in total. The fourth-order valence-corrected chi connectivity index (χ4v) is 2.24. The second kappa shape index (κ2) is 7.20. The number of amides is 1. The number of hydrogen-bond acceptors (Lipinski definition) is 3. The third kappa shape index (κ3) is 4.58. The Morgan fingerprint density at radius 2 is 2.30 bits per heavy atom. The number of ether oxygens (including phenoxy) is 1. The molecule has 1 aromatic carbocycles. The zero-order valence-corrected chi connectivity index (χ0v) is 13.1. The molecule has 1 unspecified atom stereocenters. The van der Waals surface area contributed by atoms with Crippen LogP contribution in [0.5, 0.6) is 0 Å². The van der Waals surface area contributed by atoms with Crippen molar-refractivity contribution < 1.29 is 14.6 Å². The first-order chi connectivity index (χ1) is 9.58. The number of aliphatic hydroxyl groups is 1. The number of hydrogen-bond donors (Lipinski definition) is 2. The van der Waals surface area contributed by atoms with Crippen LogP contribution in [0.25, 0.3) is 0 Å². The summed E-state index contributed by atoms with van der Waals surface area (Å²) < 4.78 is 6.29. The van der Waals surface area contributed by atoms with Crippen molar-refractivity contribution in [3.05, 3.63) is 33.8 Å². The minimum atomic E-state index is -0.662. The van der Waals surface area contributed by atoms with Gasteiger partial charge in [0.25, 0.3) is 5.91 Å². The van der Waals surface area contributed by atoms with Crippen LogP contribution in [0.1, 0.15) is 28.8 Å². The van der Waals surface area contributed by atoms with E-state index in [9.17, 15) is 9.90 Å². The molecule has 1 atom stereocenters. The number of benzene rings is 1. The first kappa shape index (κ1) is 15.5. The monoisotopic (exact) mass is 341 g/mol. The lowest BCUT2D eigenvalue weighted by Crippen LogP contribution is -2.35. The molecule has 0 saturated heterocycles. The zero-order chi connectivity index (χ0) is 14.5. The molecule has 5 heteroatoms. The second-order valence-electron chi connectivity index (χ2n) is 5.26. The molecular formula is C15H20BrNO3. The number of halogens is 1. The fourth-order valence-electron chi connectivity index (χ4n) is 1.87. The van der Waals surface area contributed by atoms with Crippen LogP contribution in [0.4, 0.5) is 0 Å². The first-order valence-corrected chi connectivity index (χ1v) is 7.66. The highest BCUT2D eigenvalue weighted by molar-refractivity contribution is 9.10. The summed E-state index contributed by atoms with van der Waals surface area (Å²) in [5.41, 5.74) is 1.51. The minimum Gasteiger partial charge on any atom is -0.389 e. The van der Waals surface area contributed by atoms with E-state index >= 15 is 0 Å². The van der Waals surface area contributed by atoms with Gasteiger partial charge in [-0.15, -0.1) is 0 Å². The van der Waals surface area contributed by atoms with Crippen LogP contribution >= 0.6 is 15.9 Å². The molecule has 0 heterocycles. The van der Waals surface area contributed by atoms with Gasteiger partial charge in [-0.25, -0.2) is 0 Å². The molecule has 2 N–H and O–H groups in total. The molecule has 1 aliphatic rings. The van der Waals surface area contributed by atoms with Gasteiger partial charge < -0.3 is 15.2 Å². The van der Waals surface area contributed by atoms with Gasteiger partial charge in [-0.1, -0.05) is 22.0 Å². The molecule has 1 fully saturated rings. The Labute approximate surface area is 127 Å². The van der Waals surface area contributed by atoms with Gasteiger partial charge in [0.15, 0.2) is 0 Å². The third-order valence-electron chi connectivity index (χ3n) is 3.37. The van der Waals surface area contributed by atoms with Crippen LogP contribution in [0.3, 0.4) is 0 Å². The number of nitrogens with one attached hydrogen (secondary N) is 1. The van der Waals surface area contributed by atoms with Gasteiger partial charge in [-0.2, -0.15) is 0 Å². The van der Waals surface area contributed by atoms with Gasteiger partial charge in [0.05, 0.1) is 12.7 Å². The Morgan fingerprint density at radius 3 is 3.00 bits per heavy atom. The van der Waals surface area contributed by atoms with E-state index in [1.165, 1.54) is 12.8 Å². The first-order valence-electron chi connectivity index (χ1n) is 6.87. The quantitative estimate of drug-likeness (QED) is 0.799. The van der Waals surface area contributed by atoms with Crippen molar-refractivity contribution in [1.29, 1.82) is 0 Å². The summed E-state index contributed by atoms with van der Waals surface area (Å²) in [6.07, 6.45) is 1.80. The maximum atomic E-state index is 12.0. The van der Waals surface area contributed by atoms with Gasteiger partial charge in [0, 0.05) is 23.2 Å². The van der Waals surface area contributed by atoms with Gasteiger partial charge in [0.2, 0.25) is 0 Å². The van der Waals surface area contributed by atoms with Crippen LogP contribution in [0.15, 0.2) is 22.7 Å².